The smallest absolute Gasteiger partial charge is 0.120 e. The summed E-state index contributed by atoms with van der Waals surface area (Å²) >= 11 is 0. The molecule has 0 fully saturated rings. The number of aryl methyl sites for hydroxylation is 1. The van der Waals surface area contributed by atoms with Crippen LogP contribution in [-0.4, -0.2) is 18.0 Å². The molecule has 0 saturated carbocycles. The number of pyridine rings is 2. The molecule has 0 spiro atoms. The summed E-state index contributed by atoms with van der Waals surface area (Å²) in [5, 5.41) is 3.59. The minimum absolute atomic E-state index is 0. The number of hydrogen-bond acceptors (Lipinski definition) is 3. The maximum Gasteiger partial charge on any atom is 0.120 e. The minimum atomic E-state index is -1.49. The van der Waals surface area contributed by atoms with Gasteiger partial charge < -0.3 is 14.4 Å². The summed E-state index contributed by atoms with van der Waals surface area (Å²) in [7, 11) is -1.49. The molecule has 3 heterocycles. The molecular formula is C45H45FIrN2OSi-2. The molecule has 51 heavy (non-hydrogen) atoms. The van der Waals surface area contributed by atoms with E-state index in [0.29, 0.717) is 22.7 Å². The van der Waals surface area contributed by atoms with E-state index in [1.165, 1.54) is 21.9 Å². The zero-order valence-electron chi connectivity index (χ0n) is 30.7. The van der Waals surface area contributed by atoms with E-state index in [0.717, 1.165) is 39.6 Å². The normalized spacial score (nSPS) is 12.3. The number of benzene rings is 4. The third-order valence-corrected chi connectivity index (χ3v) is 11.1. The van der Waals surface area contributed by atoms with Crippen molar-refractivity contribution < 1.29 is 28.9 Å². The van der Waals surface area contributed by atoms with Crippen LogP contribution in [0.1, 0.15) is 55.9 Å². The molecule has 0 amide bonds. The van der Waals surface area contributed by atoms with Crippen molar-refractivity contribution in [3.8, 4) is 22.5 Å². The van der Waals surface area contributed by atoms with Gasteiger partial charge in [-0.15, -0.1) is 36.4 Å². The van der Waals surface area contributed by atoms with E-state index in [2.05, 4.69) is 124 Å². The Hall–Kier alpha value is -4.22. The average molecular weight is 869 g/mol. The van der Waals surface area contributed by atoms with Gasteiger partial charge in [-0.3, -0.25) is 4.39 Å². The molecule has 1 unspecified atom stereocenters. The van der Waals surface area contributed by atoms with Gasteiger partial charge in [0.15, 0.2) is 0 Å². The summed E-state index contributed by atoms with van der Waals surface area (Å²) in [6.45, 7) is 17.7. The second kappa shape index (κ2) is 15.6. The molecule has 3 nitrogen and oxygen atoms in total. The predicted molar refractivity (Wildman–Crippen MR) is 209 cm³/mol. The monoisotopic (exact) mass is 869 g/mol. The van der Waals surface area contributed by atoms with Gasteiger partial charge in [0, 0.05) is 49.6 Å². The van der Waals surface area contributed by atoms with Gasteiger partial charge >= 0.3 is 0 Å². The number of fused-ring (bicyclic) bond motifs is 3. The summed E-state index contributed by atoms with van der Waals surface area (Å²) in [6.07, 6.45) is 4.81. The number of rotatable bonds is 6. The molecule has 0 bridgehead atoms. The van der Waals surface area contributed by atoms with Gasteiger partial charge in [0.05, 0.1) is 13.7 Å². The van der Waals surface area contributed by atoms with E-state index in [9.17, 15) is 4.39 Å². The Bertz CT molecular complexity index is 2270. The number of halogens is 1. The molecule has 0 aliphatic carbocycles. The average Bonchev–Trinajstić information content (AvgIpc) is 3.48. The van der Waals surface area contributed by atoms with Crippen LogP contribution in [0.5, 0.6) is 0 Å². The maximum atomic E-state index is 14.4. The standard InChI is InChI=1S/C25H18NO.C20H27FNSi.Ir/c1-17(18-8-3-2-4-9-18)19-14-15-26-23(16-19)22-12-7-11-21-20-10-5-6-13-24(20)27-25(21)22;1-14-9-8-10-16(19(14)21)17-11-15(12-20(2,3)4)18(13-22-17)23(5,6)7;/h2-11,13-17H,1H3;8-9,11,13H,12H2,1-7H3;/q2*-1;. The topological polar surface area (TPSA) is 38.9 Å². The first kappa shape index (κ1) is 38.0. The van der Waals surface area contributed by atoms with Crippen LogP contribution in [-0.2, 0) is 26.5 Å². The number of aromatic nitrogens is 2. The van der Waals surface area contributed by atoms with Crippen molar-refractivity contribution in [2.45, 2.75) is 66.6 Å². The molecule has 4 aromatic carbocycles. The van der Waals surface area contributed by atoms with Gasteiger partial charge in [-0.2, -0.15) is 0 Å². The number of para-hydroxylation sites is 1. The molecule has 1 atom stereocenters. The van der Waals surface area contributed by atoms with Gasteiger partial charge in [-0.05, 0) is 51.7 Å². The molecule has 0 aliphatic heterocycles. The van der Waals surface area contributed by atoms with Gasteiger partial charge in [0.2, 0.25) is 0 Å². The number of furan rings is 1. The second-order valence-corrected chi connectivity index (χ2v) is 20.4. The van der Waals surface area contributed by atoms with Crippen molar-refractivity contribution in [2.24, 2.45) is 5.41 Å². The first-order valence-corrected chi connectivity index (χ1v) is 20.8. The van der Waals surface area contributed by atoms with Crippen LogP contribution in [0.15, 0.2) is 114 Å². The van der Waals surface area contributed by atoms with Crippen LogP contribution in [0.3, 0.4) is 0 Å². The molecule has 0 aliphatic rings. The van der Waals surface area contributed by atoms with E-state index >= 15 is 0 Å². The fraction of sp³-hybridized carbons (Fsp3) is 0.244. The SMILES string of the molecule is CC(c1ccccc1)c1ccnc(-c2[c-]ccc3c2oc2ccccc23)c1.Cc1cc[c-]c(-c2cc(CC(C)(C)C)c([Si](C)(C)C)cn2)c1F.[Ir]. The van der Waals surface area contributed by atoms with Crippen LogP contribution in [0, 0.1) is 30.3 Å². The molecule has 1 radical (unpaired) electrons. The zero-order chi connectivity index (χ0) is 35.6. The fourth-order valence-corrected chi connectivity index (χ4v) is 8.04. The Kier molecular flexibility index (Phi) is 11.6. The summed E-state index contributed by atoms with van der Waals surface area (Å²) < 4.78 is 20.6. The summed E-state index contributed by atoms with van der Waals surface area (Å²) in [5.41, 5.74) is 9.33. The Balaban J connectivity index is 0.000000197. The van der Waals surface area contributed by atoms with Crippen LogP contribution in [0.2, 0.25) is 19.6 Å². The maximum absolute atomic E-state index is 14.4. The Morgan fingerprint density at radius 1 is 0.784 bits per heavy atom. The van der Waals surface area contributed by atoms with Crippen molar-refractivity contribution >= 4 is 35.2 Å². The molecule has 7 aromatic rings. The van der Waals surface area contributed by atoms with Gasteiger partial charge in [-0.25, -0.2) is 0 Å². The van der Waals surface area contributed by atoms with E-state index in [1.807, 2.05) is 42.7 Å². The Labute approximate surface area is 316 Å². The van der Waals surface area contributed by atoms with E-state index in [1.54, 1.807) is 19.1 Å². The molecule has 0 saturated heterocycles. The molecule has 3 aromatic heterocycles. The van der Waals surface area contributed by atoms with Crippen LogP contribution >= 0.6 is 0 Å². The third kappa shape index (κ3) is 8.64. The molecular weight excluding hydrogens is 824 g/mol. The van der Waals surface area contributed by atoms with Crippen LogP contribution in [0.25, 0.3) is 44.5 Å². The van der Waals surface area contributed by atoms with Gasteiger partial charge in [-0.1, -0.05) is 143 Å². The Morgan fingerprint density at radius 2 is 1.45 bits per heavy atom. The Morgan fingerprint density at radius 3 is 2.18 bits per heavy atom. The molecule has 263 valence electrons. The zero-order valence-corrected chi connectivity index (χ0v) is 34.1. The van der Waals surface area contributed by atoms with Crippen LogP contribution < -0.4 is 5.19 Å². The van der Waals surface area contributed by atoms with E-state index < -0.39 is 8.07 Å². The van der Waals surface area contributed by atoms with Gasteiger partial charge in [0.25, 0.3) is 0 Å². The summed E-state index contributed by atoms with van der Waals surface area (Å²) in [6, 6.07) is 38.8. The first-order valence-electron chi connectivity index (χ1n) is 17.3. The van der Waals surface area contributed by atoms with Crippen molar-refractivity contribution in [3.63, 3.8) is 0 Å². The first-order chi connectivity index (χ1) is 23.8. The van der Waals surface area contributed by atoms with Crippen molar-refractivity contribution in [1.29, 1.82) is 0 Å². The van der Waals surface area contributed by atoms with Crippen molar-refractivity contribution in [1.82, 2.24) is 9.97 Å². The van der Waals surface area contributed by atoms with Crippen molar-refractivity contribution in [3.05, 3.63) is 150 Å². The number of nitrogens with zero attached hydrogens (tertiary/aromatic N) is 2. The summed E-state index contributed by atoms with van der Waals surface area (Å²) in [4.78, 5) is 9.19. The van der Waals surface area contributed by atoms with E-state index in [4.69, 9.17) is 4.42 Å². The van der Waals surface area contributed by atoms with Gasteiger partial charge in [0.1, 0.15) is 5.58 Å². The largest absolute Gasteiger partial charge is 0.501 e. The quantitative estimate of drug-likeness (QED) is 0.123. The molecule has 0 N–H and O–H groups in total. The molecule has 6 heteroatoms. The molecule has 7 rings (SSSR count). The van der Waals surface area contributed by atoms with Crippen LogP contribution in [0.4, 0.5) is 4.39 Å². The fourth-order valence-electron chi connectivity index (χ4n) is 6.46. The van der Waals surface area contributed by atoms with E-state index in [-0.39, 0.29) is 31.3 Å². The second-order valence-electron chi connectivity index (χ2n) is 15.4. The number of hydrogen-bond donors (Lipinski definition) is 0. The summed E-state index contributed by atoms with van der Waals surface area (Å²) in [5.74, 6) is 0.0743. The van der Waals surface area contributed by atoms with Crippen molar-refractivity contribution in [2.75, 3.05) is 0 Å². The minimum Gasteiger partial charge on any atom is -0.501 e. The predicted octanol–water partition coefficient (Wildman–Crippen LogP) is 11.7. The third-order valence-electron chi connectivity index (χ3n) is 9.08.